The fourth-order valence-corrected chi connectivity index (χ4v) is 4.24. The van der Waals surface area contributed by atoms with Gasteiger partial charge in [-0.2, -0.15) is 5.10 Å². The molecule has 1 aromatic heterocycles. The Morgan fingerprint density at radius 2 is 2.04 bits per heavy atom. The van der Waals surface area contributed by atoms with Gasteiger partial charge in [0, 0.05) is 31.6 Å². The van der Waals surface area contributed by atoms with E-state index in [0.29, 0.717) is 11.2 Å². The number of likely N-dealkylation sites (tertiary alicyclic amines) is 2. The molecule has 0 bridgehead atoms. The summed E-state index contributed by atoms with van der Waals surface area (Å²) in [6.45, 7) is 11.9. The standard InChI is InChI=1S/C17H29N5O2/c1-16(2,3)10-21-7-4-5-17(11-21)6-8-22(12-17)14(23)9-13-18-15(24)20-19-13/h4-12H2,1-3H3,(H2,18,19,20,24)/t17-/m0/s1. The Morgan fingerprint density at radius 3 is 2.71 bits per heavy atom. The number of piperidine rings is 1. The van der Waals surface area contributed by atoms with Gasteiger partial charge < -0.3 is 9.80 Å². The summed E-state index contributed by atoms with van der Waals surface area (Å²) >= 11 is 0. The minimum absolute atomic E-state index is 0.0579. The Labute approximate surface area is 142 Å². The number of aromatic amines is 2. The van der Waals surface area contributed by atoms with Crippen molar-refractivity contribution in [3.63, 3.8) is 0 Å². The second-order valence-corrected chi connectivity index (χ2v) is 8.74. The third-order valence-corrected chi connectivity index (χ3v) is 5.10. The molecule has 2 aliphatic heterocycles. The molecular formula is C17H29N5O2. The highest BCUT2D eigenvalue weighted by atomic mass is 16.2. The number of hydrogen-bond acceptors (Lipinski definition) is 4. The molecule has 24 heavy (non-hydrogen) atoms. The highest BCUT2D eigenvalue weighted by molar-refractivity contribution is 5.78. The van der Waals surface area contributed by atoms with Crippen LogP contribution in [-0.2, 0) is 11.2 Å². The third-order valence-electron chi connectivity index (χ3n) is 5.10. The largest absolute Gasteiger partial charge is 0.342 e. The van der Waals surface area contributed by atoms with Crippen molar-refractivity contribution in [3.8, 4) is 0 Å². The molecule has 0 aliphatic carbocycles. The van der Waals surface area contributed by atoms with Gasteiger partial charge in [-0.05, 0) is 31.2 Å². The van der Waals surface area contributed by atoms with Crippen molar-refractivity contribution in [2.75, 3.05) is 32.7 Å². The number of nitrogens with zero attached hydrogens (tertiary/aromatic N) is 3. The first kappa shape index (κ1) is 17.2. The van der Waals surface area contributed by atoms with Crippen LogP contribution in [0.15, 0.2) is 4.79 Å². The highest BCUT2D eigenvalue weighted by Crippen LogP contribution is 2.39. The van der Waals surface area contributed by atoms with Gasteiger partial charge in [0.1, 0.15) is 5.82 Å². The van der Waals surface area contributed by atoms with Gasteiger partial charge in [0.15, 0.2) is 0 Å². The summed E-state index contributed by atoms with van der Waals surface area (Å²) in [5.74, 6) is 0.478. The second-order valence-electron chi connectivity index (χ2n) is 8.74. The summed E-state index contributed by atoms with van der Waals surface area (Å²) in [5.41, 5.74) is 0.192. The predicted molar refractivity (Wildman–Crippen MR) is 91.7 cm³/mol. The first-order valence-electron chi connectivity index (χ1n) is 8.89. The summed E-state index contributed by atoms with van der Waals surface area (Å²) in [7, 11) is 0. The first-order valence-corrected chi connectivity index (χ1v) is 8.89. The summed E-state index contributed by atoms with van der Waals surface area (Å²) in [4.78, 5) is 30.7. The summed E-state index contributed by atoms with van der Waals surface area (Å²) in [6.07, 6.45) is 3.67. The smallest absolute Gasteiger partial charge is 0.340 e. The fraction of sp³-hybridized carbons (Fsp3) is 0.824. The molecule has 2 fully saturated rings. The van der Waals surface area contributed by atoms with Crippen LogP contribution in [-0.4, -0.2) is 63.6 Å². The quantitative estimate of drug-likeness (QED) is 0.863. The van der Waals surface area contributed by atoms with E-state index in [4.69, 9.17) is 0 Å². The summed E-state index contributed by atoms with van der Waals surface area (Å²) in [5, 5.41) is 6.15. The molecule has 1 spiro atoms. The lowest BCUT2D eigenvalue weighted by molar-refractivity contribution is -0.130. The maximum atomic E-state index is 12.5. The molecule has 3 heterocycles. The van der Waals surface area contributed by atoms with Crippen LogP contribution < -0.4 is 5.69 Å². The number of carbonyl (C=O) groups excluding carboxylic acids is 1. The van der Waals surface area contributed by atoms with Gasteiger partial charge in [0.2, 0.25) is 5.91 Å². The number of carbonyl (C=O) groups is 1. The maximum Gasteiger partial charge on any atom is 0.340 e. The Bertz CT molecular complexity index is 644. The molecule has 0 saturated carbocycles. The molecule has 0 unspecified atom stereocenters. The molecule has 0 aromatic carbocycles. The Balaban J connectivity index is 1.59. The van der Waals surface area contributed by atoms with Crippen LogP contribution in [0.4, 0.5) is 0 Å². The number of amides is 1. The number of H-pyrrole nitrogens is 2. The lowest BCUT2D eigenvalue weighted by Gasteiger charge is -2.42. The van der Waals surface area contributed by atoms with E-state index in [9.17, 15) is 9.59 Å². The Morgan fingerprint density at radius 1 is 1.25 bits per heavy atom. The van der Waals surface area contributed by atoms with Crippen molar-refractivity contribution in [2.45, 2.75) is 46.5 Å². The molecule has 134 valence electrons. The van der Waals surface area contributed by atoms with Gasteiger partial charge in [-0.3, -0.25) is 9.78 Å². The van der Waals surface area contributed by atoms with E-state index in [2.05, 4.69) is 40.9 Å². The zero-order valence-corrected chi connectivity index (χ0v) is 15.0. The molecule has 1 amide bonds. The van der Waals surface area contributed by atoms with E-state index in [1.54, 1.807) is 0 Å². The van der Waals surface area contributed by atoms with E-state index < -0.39 is 0 Å². The molecule has 0 radical (unpaired) electrons. The molecule has 1 atom stereocenters. The second kappa shape index (κ2) is 6.35. The van der Waals surface area contributed by atoms with E-state index in [0.717, 1.165) is 32.6 Å². The van der Waals surface area contributed by atoms with Crippen LogP contribution in [0.5, 0.6) is 0 Å². The zero-order chi connectivity index (χ0) is 17.4. The van der Waals surface area contributed by atoms with Crippen LogP contribution in [0.3, 0.4) is 0 Å². The number of nitrogens with one attached hydrogen (secondary N) is 2. The maximum absolute atomic E-state index is 12.5. The first-order chi connectivity index (χ1) is 11.2. The van der Waals surface area contributed by atoms with Crippen molar-refractivity contribution in [2.24, 2.45) is 10.8 Å². The highest BCUT2D eigenvalue weighted by Gasteiger charge is 2.43. The summed E-state index contributed by atoms with van der Waals surface area (Å²) in [6, 6.07) is 0. The van der Waals surface area contributed by atoms with Gasteiger partial charge in [0.05, 0.1) is 6.42 Å². The predicted octanol–water partition coefficient (Wildman–Crippen LogP) is 1.00. The van der Waals surface area contributed by atoms with Crippen molar-refractivity contribution >= 4 is 5.91 Å². The van der Waals surface area contributed by atoms with Gasteiger partial charge in [-0.15, -0.1) is 0 Å². The van der Waals surface area contributed by atoms with Gasteiger partial charge >= 0.3 is 5.69 Å². The van der Waals surface area contributed by atoms with Crippen molar-refractivity contribution in [3.05, 3.63) is 16.3 Å². The van der Waals surface area contributed by atoms with Crippen LogP contribution in [0.1, 0.15) is 45.9 Å². The molecule has 1 aromatic rings. The van der Waals surface area contributed by atoms with E-state index in [-0.39, 0.29) is 23.4 Å². The molecule has 2 aliphatic rings. The SMILES string of the molecule is CC(C)(C)CN1CCC[C@]2(CCN(C(=O)Cc3n[nH]c(=O)[nH]3)C2)C1. The van der Waals surface area contributed by atoms with E-state index >= 15 is 0 Å². The average Bonchev–Trinajstić information content (AvgIpc) is 3.04. The normalized spacial score (nSPS) is 25.5. The molecular weight excluding hydrogens is 306 g/mol. The minimum Gasteiger partial charge on any atom is -0.342 e. The fourth-order valence-electron chi connectivity index (χ4n) is 4.24. The average molecular weight is 335 g/mol. The van der Waals surface area contributed by atoms with Crippen LogP contribution in [0.25, 0.3) is 0 Å². The van der Waals surface area contributed by atoms with Gasteiger partial charge in [-0.1, -0.05) is 20.8 Å². The minimum atomic E-state index is -0.360. The van der Waals surface area contributed by atoms with Crippen molar-refractivity contribution in [1.82, 2.24) is 25.0 Å². The molecule has 3 rings (SSSR count). The number of hydrogen-bond donors (Lipinski definition) is 2. The van der Waals surface area contributed by atoms with Crippen molar-refractivity contribution in [1.29, 1.82) is 0 Å². The molecule has 2 saturated heterocycles. The Kier molecular flexibility index (Phi) is 4.55. The van der Waals surface area contributed by atoms with Crippen LogP contribution in [0, 0.1) is 10.8 Å². The lowest BCUT2D eigenvalue weighted by atomic mass is 9.78. The number of aromatic nitrogens is 3. The zero-order valence-electron chi connectivity index (χ0n) is 15.0. The van der Waals surface area contributed by atoms with Gasteiger partial charge in [0.25, 0.3) is 0 Å². The molecule has 7 heteroatoms. The monoisotopic (exact) mass is 335 g/mol. The van der Waals surface area contributed by atoms with Gasteiger partial charge in [-0.25, -0.2) is 9.89 Å². The summed E-state index contributed by atoms with van der Waals surface area (Å²) < 4.78 is 0. The molecule has 2 N–H and O–H groups in total. The topological polar surface area (TPSA) is 85.1 Å². The van der Waals surface area contributed by atoms with Crippen molar-refractivity contribution < 1.29 is 4.79 Å². The third kappa shape index (κ3) is 4.06. The van der Waals surface area contributed by atoms with Crippen LogP contribution >= 0.6 is 0 Å². The molecule has 7 nitrogen and oxygen atoms in total. The van der Waals surface area contributed by atoms with E-state index in [1.165, 1.54) is 19.4 Å². The Hall–Kier alpha value is -1.63. The van der Waals surface area contributed by atoms with Crippen LogP contribution in [0.2, 0.25) is 0 Å². The number of rotatable bonds is 3. The lowest BCUT2D eigenvalue weighted by Crippen LogP contribution is -2.47. The van der Waals surface area contributed by atoms with E-state index in [1.807, 2.05) is 4.90 Å².